The highest BCUT2D eigenvalue weighted by Crippen LogP contribution is 2.37. The smallest absolute Gasteiger partial charge is 0.305 e. The number of anilines is 2. The Morgan fingerprint density at radius 2 is 0.717 bits per heavy atom. The number of esters is 4. The summed E-state index contributed by atoms with van der Waals surface area (Å²) in [5, 5.41) is 42.6. The summed E-state index contributed by atoms with van der Waals surface area (Å²) < 4.78 is 22.2. The number of benzene rings is 2. The summed E-state index contributed by atoms with van der Waals surface area (Å²) in [6.45, 7) is -0.942. The number of aliphatic hydroxyl groups is 4. The number of ether oxygens (including phenoxy) is 4. The second-order valence-electron chi connectivity index (χ2n) is 14.7. The van der Waals surface area contributed by atoms with Crippen molar-refractivity contribution in [2.45, 2.75) is 115 Å². The molecule has 0 spiro atoms. The number of hydrogen-bond donors (Lipinski definition) is 6. The molecule has 3 rings (SSSR count). The van der Waals surface area contributed by atoms with Gasteiger partial charge in [0.05, 0.1) is 23.2 Å². The average molecular weight is 843 g/mol. The maximum atomic E-state index is 14.3. The van der Waals surface area contributed by atoms with Gasteiger partial charge in [-0.2, -0.15) is 0 Å². The lowest BCUT2D eigenvalue weighted by molar-refractivity contribution is -0.148. The van der Waals surface area contributed by atoms with Crippen molar-refractivity contribution in [3.05, 3.63) is 58.7 Å². The Balaban J connectivity index is 1.94. The minimum atomic E-state index is -0.850. The van der Waals surface area contributed by atoms with E-state index in [4.69, 9.17) is 39.4 Å². The van der Waals surface area contributed by atoms with Crippen molar-refractivity contribution in [1.82, 2.24) is 0 Å². The molecular weight excluding hydrogens is 780 g/mol. The highest BCUT2D eigenvalue weighted by Gasteiger charge is 2.35. The molecule has 0 saturated heterocycles. The quantitative estimate of drug-likeness (QED) is 0.0290. The molecule has 0 fully saturated rings. The number of nitrogens with one attached hydrogen (secondary N) is 2. The number of hydrogen-bond acceptors (Lipinski definition) is 16. The van der Waals surface area contributed by atoms with Gasteiger partial charge in [-0.05, 0) is 63.5 Å². The fourth-order valence-electron chi connectivity index (χ4n) is 6.46. The molecule has 0 radical (unpaired) electrons. The lowest BCUT2D eigenvalue weighted by atomic mass is 9.82. The Kier molecular flexibility index (Phi) is 23.5. The molecule has 0 bridgehead atoms. The number of rotatable bonds is 32. The van der Waals surface area contributed by atoms with Crippen molar-refractivity contribution in [3.63, 3.8) is 0 Å². The lowest BCUT2D eigenvalue weighted by Gasteiger charge is -2.28. The van der Waals surface area contributed by atoms with Gasteiger partial charge in [-0.3, -0.25) is 28.8 Å². The van der Waals surface area contributed by atoms with Gasteiger partial charge < -0.3 is 50.0 Å². The summed E-state index contributed by atoms with van der Waals surface area (Å²) >= 11 is 0. The van der Waals surface area contributed by atoms with Gasteiger partial charge in [0.15, 0.2) is 11.6 Å². The Morgan fingerprint density at radius 1 is 0.433 bits per heavy atom. The maximum absolute atomic E-state index is 14.3. The van der Waals surface area contributed by atoms with Crippen molar-refractivity contribution in [2.24, 2.45) is 0 Å². The van der Waals surface area contributed by atoms with Crippen LogP contribution in [0.3, 0.4) is 0 Å². The van der Waals surface area contributed by atoms with Gasteiger partial charge in [-0.1, -0.05) is 49.9 Å². The summed E-state index contributed by atoms with van der Waals surface area (Å²) in [5.41, 5.74) is 0.729. The highest BCUT2D eigenvalue weighted by atomic mass is 16.6. The molecule has 16 heteroatoms. The Morgan fingerprint density at radius 3 is 0.983 bits per heavy atom. The van der Waals surface area contributed by atoms with Crippen LogP contribution in [0.4, 0.5) is 11.4 Å². The number of aliphatic hydroxyl groups excluding tert-OH is 4. The standard InChI is InChI=1S/C44H62N2O14/c47-23-11-1-5-17-37(51)57-27-31(28-58-38(52)18-6-2-12-24-48)45-35-21-22-36(42-41(35)43(55)33-15-9-10-16-34(33)44(42)56)46-32(29-59-39(53)19-7-3-13-25-49)30-60-40(54)20-8-4-14-26-50/h9-10,15-16,21-22,31-32,45-50H,1-8,11-14,17-20,23-30H2. The van der Waals surface area contributed by atoms with E-state index < -0.39 is 47.5 Å². The first kappa shape index (κ1) is 49.5. The summed E-state index contributed by atoms with van der Waals surface area (Å²) in [4.78, 5) is 79.1. The van der Waals surface area contributed by atoms with Crippen molar-refractivity contribution >= 4 is 46.8 Å². The molecule has 2 aromatic carbocycles. The summed E-state index contributed by atoms with van der Waals surface area (Å²) in [6, 6.07) is 7.77. The molecule has 1 aliphatic rings. The number of unbranched alkanes of at least 4 members (excludes halogenated alkanes) is 8. The summed E-state index contributed by atoms with van der Waals surface area (Å²) in [6.07, 6.45) is 7.18. The van der Waals surface area contributed by atoms with Crippen molar-refractivity contribution in [2.75, 3.05) is 63.5 Å². The Labute approximate surface area is 351 Å². The van der Waals surface area contributed by atoms with Crippen molar-refractivity contribution in [3.8, 4) is 0 Å². The highest BCUT2D eigenvalue weighted by molar-refractivity contribution is 6.32. The van der Waals surface area contributed by atoms with Crippen molar-refractivity contribution in [1.29, 1.82) is 0 Å². The topological polar surface area (TPSA) is 244 Å². The van der Waals surface area contributed by atoms with E-state index in [0.29, 0.717) is 77.0 Å². The van der Waals surface area contributed by atoms with Gasteiger partial charge in [0.1, 0.15) is 26.4 Å². The van der Waals surface area contributed by atoms with Crippen molar-refractivity contribution < 1.29 is 68.1 Å². The van der Waals surface area contributed by atoms with Gasteiger partial charge in [0, 0.05) is 74.6 Å². The molecule has 0 saturated carbocycles. The monoisotopic (exact) mass is 842 g/mol. The first-order valence-electron chi connectivity index (χ1n) is 21.1. The van der Waals surface area contributed by atoms with E-state index in [9.17, 15) is 28.8 Å². The van der Waals surface area contributed by atoms with Gasteiger partial charge in [-0.15, -0.1) is 0 Å². The molecule has 2 aromatic rings. The average Bonchev–Trinajstić information content (AvgIpc) is 3.25. The third kappa shape index (κ3) is 17.4. The number of ketones is 2. The fourth-order valence-corrected chi connectivity index (χ4v) is 6.46. The summed E-state index contributed by atoms with van der Waals surface area (Å²) in [7, 11) is 0. The maximum Gasteiger partial charge on any atom is 0.305 e. The third-order valence-electron chi connectivity index (χ3n) is 9.73. The normalized spacial score (nSPS) is 11.9. The number of carbonyl (C=O) groups excluding carboxylic acids is 6. The van der Waals surface area contributed by atoms with Crippen LogP contribution in [0.1, 0.15) is 135 Å². The zero-order valence-corrected chi connectivity index (χ0v) is 34.5. The SMILES string of the molecule is O=C(CCCCCO)OCC(COC(=O)CCCCCO)Nc1ccc(NC(COC(=O)CCCCCO)COC(=O)CCCCCO)c2c1C(=O)c1ccccc1C2=O. The summed E-state index contributed by atoms with van der Waals surface area (Å²) in [5.74, 6) is -2.96. The minimum absolute atomic E-state index is 0.000124. The van der Waals surface area contributed by atoms with Gasteiger partial charge in [0.25, 0.3) is 0 Å². The van der Waals surface area contributed by atoms with Gasteiger partial charge >= 0.3 is 23.9 Å². The molecule has 0 heterocycles. The van der Waals surface area contributed by atoms with Crippen LogP contribution in [-0.4, -0.2) is 121 Å². The Hall–Kier alpha value is -4.90. The molecule has 1 aliphatic carbocycles. The molecular formula is C44H62N2O14. The molecule has 0 atom stereocenters. The van der Waals surface area contributed by atoms with Crippen LogP contribution in [-0.2, 0) is 38.1 Å². The third-order valence-corrected chi connectivity index (χ3v) is 9.73. The van der Waals surface area contributed by atoms with Gasteiger partial charge in [-0.25, -0.2) is 0 Å². The molecule has 0 aliphatic heterocycles. The van der Waals surface area contributed by atoms with Crippen LogP contribution in [0.2, 0.25) is 0 Å². The van der Waals surface area contributed by atoms with Crippen LogP contribution in [0.15, 0.2) is 36.4 Å². The van der Waals surface area contributed by atoms with Crippen LogP contribution < -0.4 is 10.6 Å². The molecule has 0 unspecified atom stereocenters. The van der Waals surface area contributed by atoms with E-state index in [1.165, 1.54) is 0 Å². The second-order valence-corrected chi connectivity index (χ2v) is 14.7. The number of fused-ring (bicyclic) bond motifs is 2. The van der Waals surface area contributed by atoms with E-state index in [0.717, 1.165) is 0 Å². The van der Waals surface area contributed by atoms with E-state index >= 15 is 0 Å². The molecule has 6 N–H and O–H groups in total. The Bertz CT molecular complexity index is 1510. The largest absolute Gasteiger partial charge is 0.463 e. The first-order valence-corrected chi connectivity index (χ1v) is 21.1. The van der Waals surface area contributed by atoms with E-state index in [1.54, 1.807) is 36.4 Å². The second kappa shape index (κ2) is 28.5. The zero-order valence-electron chi connectivity index (χ0n) is 34.5. The minimum Gasteiger partial charge on any atom is -0.463 e. The number of carbonyl (C=O) groups is 6. The van der Waals surface area contributed by atoms with E-state index in [-0.39, 0.29) is 112 Å². The molecule has 0 amide bonds. The fraction of sp³-hybridized carbons (Fsp3) is 0.591. The van der Waals surface area contributed by atoms with Crippen LogP contribution in [0, 0.1) is 0 Å². The molecule has 0 aromatic heterocycles. The van der Waals surface area contributed by atoms with Crippen LogP contribution in [0.25, 0.3) is 0 Å². The first-order chi connectivity index (χ1) is 29.1. The van der Waals surface area contributed by atoms with Crippen LogP contribution in [0.5, 0.6) is 0 Å². The van der Waals surface area contributed by atoms with Gasteiger partial charge in [0.2, 0.25) is 0 Å². The lowest BCUT2D eigenvalue weighted by Crippen LogP contribution is -2.36. The molecule has 60 heavy (non-hydrogen) atoms. The molecule has 332 valence electrons. The predicted octanol–water partition coefficient (Wildman–Crippen LogP) is 4.41. The van der Waals surface area contributed by atoms with E-state index in [1.807, 2.05) is 0 Å². The zero-order chi connectivity index (χ0) is 43.5. The molecule has 16 nitrogen and oxygen atoms in total. The predicted molar refractivity (Wildman–Crippen MR) is 221 cm³/mol. The van der Waals surface area contributed by atoms with Crippen LogP contribution >= 0.6 is 0 Å². The van der Waals surface area contributed by atoms with E-state index in [2.05, 4.69) is 10.6 Å².